The SMILES string of the molecule is CCCC[C@@H](NC(=O)[C@@H](Cc1cn(C(=O)OC)c2ccccc12)NC(=O)[C@H](CC(C)(C)C)NC(=O)N1[C@H](C)CCC[C@@H]1C)C(=O)[O-]. The summed E-state index contributed by atoms with van der Waals surface area (Å²) in [4.78, 5) is 67.5. The first-order valence-corrected chi connectivity index (χ1v) is 16.2. The number of carboxylic acid groups (broad SMARTS) is 1. The zero-order chi connectivity index (χ0) is 34.2. The lowest BCUT2D eigenvalue weighted by molar-refractivity contribution is -0.308. The van der Waals surface area contributed by atoms with Crippen molar-refractivity contribution in [1.82, 2.24) is 25.4 Å². The Morgan fingerprint density at radius 2 is 1.57 bits per heavy atom. The zero-order valence-corrected chi connectivity index (χ0v) is 28.2. The minimum Gasteiger partial charge on any atom is -0.548 e. The molecule has 1 saturated heterocycles. The highest BCUT2D eigenvalue weighted by Gasteiger charge is 2.35. The lowest BCUT2D eigenvalue weighted by Crippen LogP contribution is -2.60. The Balaban J connectivity index is 1.97. The minimum absolute atomic E-state index is 0.0115. The van der Waals surface area contributed by atoms with Gasteiger partial charge in [-0.2, -0.15) is 0 Å². The van der Waals surface area contributed by atoms with Crippen LogP contribution in [-0.2, 0) is 25.5 Å². The topological polar surface area (TPSA) is 162 Å². The van der Waals surface area contributed by atoms with Gasteiger partial charge in [0.15, 0.2) is 0 Å². The Kier molecular flexibility index (Phi) is 12.6. The number of rotatable bonds is 12. The first-order valence-electron chi connectivity index (χ1n) is 16.2. The molecule has 0 radical (unpaired) electrons. The van der Waals surface area contributed by atoms with Crippen LogP contribution in [0.1, 0.15) is 92.1 Å². The smallest absolute Gasteiger partial charge is 0.418 e. The van der Waals surface area contributed by atoms with Gasteiger partial charge in [-0.15, -0.1) is 0 Å². The normalized spacial score (nSPS) is 18.7. The molecule has 1 aromatic heterocycles. The first kappa shape index (κ1) is 36.4. The van der Waals surface area contributed by atoms with Gasteiger partial charge < -0.3 is 35.5 Å². The van der Waals surface area contributed by atoms with Crippen LogP contribution in [0.15, 0.2) is 30.5 Å². The number of hydrogen-bond donors (Lipinski definition) is 3. The number of para-hydroxylation sites is 1. The Morgan fingerprint density at radius 3 is 2.15 bits per heavy atom. The number of ether oxygens (including phenoxy) is 1. The molecule has 2 aromatic rings. The largest absolute Gasteiger partial charge is 0.548 e. The van der Waals surface area contributed by atoms with Crippen molar-refractivity contribution in [3.63, 3.8) is 0 Å². The van der Waals surface area contributed by atoms with Crippen molar-refractivity contribution < 1.29 is 33.8 Å². The number of methoxy groups -OCH3 is 1. The van der Waals surface area contributed by atoms with Gasteiger partial charge in [0, 0.05) is 30.1 Å². The fourth-order valence-electron chi connectivity index (χ4n) is 6.16. The summed E-state index contributed by atoms with van der Waals surface area (Å²) in [5.74, 6) is -2.71. The van der Waals surface area contributed by atoms with Crippen LogP contribution in [0.4, 0.5) is 9.59 Å². The number of benzene rings is 1. The lowest BCUT2D eigenvalue weighted by atomic mass is 9.87. The molecule has 1 aromatic carbocycles. The predicted octanol–water partition coefficient (Wildman–Crippen LogP) is 3.49. The fourth-order valence-corrected chi connectivity index (χ4v) is 6.16. The summed E-state index contributed by atoms with van der Waals surface area (Å²) in [5, 5.41) is 20.9. The van der Waals surface area contributed by atoms with Crippen LogP contribution in [0.3, 0.4) is 0 Å². The van der Waals surface area contributed by atoms with Gasteiger partial charge in [-0.1, -0.05) is 58.7 Å². The second kappa shape index (κ2) is 16.0. The van der Waals surface area contributed by atoms with Crippen molar-refractivity contribution in [3.8, 4) is 0 Å². The molecule has 1 fully saturated rings. The molecule has 0 unspecified atom stereocenters. The summed E-state index contributed by atoms with van der Waals surface area (Å²) in [7, 11) is 1.26. The zero-order valence-electron chi connectivity index (χ0n) is 28.2. The van der Waals surface area contributed by atoms with Crippen molar-refractivity contribution in [2.24, 2.45) is 5.41 Å². The third kappa shape index (κ3) is 9.46. The first-order chi connectivity index (χ1) is 21.7. The number of carbonyl (C=O) groups excluding carboxylic acids is 5. The summed E-state index contributed by atoms with van der Waals surface area (Å²) >= 11 is 0. The number of aliphatic carboxylic acids is 1. The van der Waals surface area contributed by atoms with E-state index in [1.165, 1.54) is 11.7 Å². The summed E-state index contributed by atoms with van der Waals surface area (Å²) in [6, 6.07) is 3.29. The lowest BCUT2D eigenvalue weighted by Gasteiger charge is -2.40. The summed E-state index contributed by atoms with van der Waals surface area (Å²) < 4.78 is 6.25. The second-order valence-corrected chi connectivity index (χ2v) is 13.6. The van der Waals surface area contributed by atoms with Crippen molar-refractivity contribution >= 4 is 40.8 Å². The number of hydrogen-bond acceptors (Lipinski definition) is 7. The highest BCUT2D eigenvalue weighted by atomic mass is 16.5. The van der Waals surface area contributed by atoms with E-state index in [1.807, 2.05) is 41.5 Å². The standard InChI is InChI=1S/C34H51N5O7/c1-8-9-16-25(31(42)43)35-29(40)26(18-23-20-38(33(45)46-7)28-17-11-10-15-24(23)28)36-30(41)27(19-34(4,5)6)37-32(44)39-21(2)13-12-14-22(39)3/h10-11,15,17,20-22,25-27H,8-9,12-14,16,18-19H2,1-7H3,(H,35,40)(H,36,41)(H,37,44)(H,42,43)/p-1/t21-,22+,25-,26-,27+/m1/s1. The number of unbranched alkanes of at least 4 members (excludes halogenated alkanes) is 1. The molecular weight excluding hydrogens is 590 g/mol. The maximum Gasteiger partial charge on any atom is 0.418 e. The number of urea groups is 1. The molecule has 0 aliphatic carbocycles. The van der Waals surface area contributed by atoms with E-state index in [9.17, 15) is 29.1 Å². The molecule has 3 rings (SSSR count). The molecular formula is C34H50N5O7-. The van der Waals surface area contributed by atoms with E-state index in [-0.39, 0.29) is 42.8 Å². The summed E-state index contributed by atoms with van der Waals surface area (Å²) in [6.07, 6.45) is 5.34. The van der Waals surface area contributed by atoms with Crippen molar-refractivity contribution in [1.29, 1.82) is 0 Å². The number of piperidine rings is 1. The van der Waals surface area contributed by atoms with E-state index in [2.05, 4.69) is 16.0 Å². The van der Waals surface area contributed by atoms with Gasteiger partial charge in [-0.3, -0.25) is 14.2 Å². The van der Waals surface area contributed by atoms with Crippen molar-refractivity contribution in [2.75, 3.05) is 7.11 Å². The second-order valence-electron chi connectivity index (χ2n) is 13.6. The van der Waals surface area contributed by atoms with E-state index in [0.29, 0.717) is 22.9 Å². The third-order valence-corrected chi connectivity index (χ3v) is 8.53. The van der Waals surface area contributed by atoms with E-state index < -0.39 is 42.0 Å². The van der Waals surface area contributed by atoms with E-state index in [4.69, 9.17) is 4.74 Å². The summed E-state index contributed by atoms with van der Waals surface area (Å²) in [6.45, 7) is 11.8. The van der Waals surface area contributed by atoms with Crippen LogP contribution >= 0.6 is 0 Å². The van der Waals surface area contributed by atoms with Crippen LogP contribution in [0.2, 0.25) is 0 Å². The Hall–Kier alpha value is -4.09. The molecule has 12 heteroatoms. The molecule has 254 valence electrons. The molecule has 0 saturated carbocycles. The molecule has 4 amide bonds. The van der Waals surface area contributed by atoms with Crippen LogP contribution in [0.25, 0.3) is 10.9 Å². The highest BCUT2D eigenvalue weighted by molar-refractivity contribution is 5.95. The maximum absolute atomic E-state index is 14.0. The Morgan fingerprint density at radius 1 is 0.957 bits per heavy atom. The fraction of sp³-hybridized carbons (Fsp3) is 0.618. The van der Waals surface area contributed by atoms with E-state index in [0.717, 1.165) is 25.7 Å². The van der Waals surface area contributed by atoms with Gasteiger partial charge in [0.25, 0.3) is 0 Å². The van der Waals surface area contributed by atoms with Gasteiger partial charge in [-0.05, 0) is 63.0 Å². The molecule has 3 N–H and O–H groups in total. The van der Waals surface area contributed by atoms with E-state index >= 15 is 0 Å². The molecule has 2 heterocycles. The van der Waals surface area contributed by atoms with Gasteiger partial charge in [-0.25, -0.2) is 9.59 Å². The van der Waals surface area contributed by atoms with Crippen LogP contribution in [0.5, 0.6) is 0 Å². The van der Waals surface area contributed by atoms with Crippen molar-refractivity contribution in [2.45, 2.75) is 123 Å². The number of carboxylic acids is 1. The van der Waals surface area contributed by atoms with Gasteiger partial charge in [0.2, 0.25) is 11.8 Å². The highest BCUT2D eigenvalue weighted by Crippen LogP contribution is 2.26. The minimum atomic E-state index is -1.42. The number of nitrogens with one attached hydrogen (secondary N) is 3. The number of likely N-dealkylation sites (tertiary alicyclic amines) is 1. The molecule has 12 nitrogen and oxygen atoms in total. The molecule has 0 spiro atoms. The quantitative estimate of drug-likeness (QED) is 0.320. The van der Waals surface area contributed by atoms with Gasteiger partial charge in [0.1, 0.15) is 12.1 Å². The van der Waals surface area contributed by atoms with Crippen molar-refractivity contribution in [3.05, 3.63) is 36.0 Å². The Bertz CT molecular complexity index is 1390. The molecule has 5 atom stereocenters. The number of aromatic nitrogens is 1. The number of fused-ring (bicyclic) bond motifs is 1. The number of nitrogens with zero attached hydrogens (tertiary/aromatic N) is 2. The molecule has 1 aliphatic heterocycles. The number of amides is 4. The summed E-state index contributed by atoms with van der Waals surface area (Å²) in [5.41, 5.74) is 0.751. The van der Waals surface area contributed by atoms with Crippen LogP contribution in [-0.4, -0.2) is 76.7 Å². The van der Waals surface area contributed by atoms with Gasteiger partial charge >= 0.3 is 12.1 Å². The van der Waals surface area contributed by atoms with E-state index in [1.54, 1.807) is 35.4 Å². The average Bonchev–Trinajstić information content (AvgIpc) is 3.35. The Labute approximate surface area is 271 Å². The maximum atomic E-state index is 14.0. The molecule has 1 aliphatic rings. The van der Waals surface area contributed by atoms with Crippen LogP contribution in [0, 0.1) is 5.41 Å². The molecule has 0 bridgehead atoms. The predicted molar refractivity (Wildman–Crippen MR) is 173 cm³/mol. The third-order valence-electron chi connectivity index (χ3n) is 8.53. The molecule has 46 heavy (non-hydrogen) atoms. The van der Waals surface area contributed by atoms with Crippen LogP contribution < -0.4 is 21.1 Å². The average molecular weight is 641 g/mol. The monoisotopic (exact) mass is 640 g/mol. The number of carbonyl (C=O) groups is 5. The van der Waals surface area contributed by atoms with Gasteiger partial charge in [0.05, 0.1) is 24.6 Å².